The van der Waals surface area contributed by atoms with E-state index in [9.17, 15) is 0 Å². The summed E-state index contributed by atoms with van der Waals surface area (Å²) in [5.41, 5.74) is 6.05. The fourth-order valence-corrected chi connectivity index (χ4v) is 4.13. The molecule has 8 heteroatoms. The van der Waals surface area contributed by atoms with Crippen molar-refractivity contribution < 1.29 is 0 Å². The molecule has 5 rings (SSSR count). The van der Waals surface area contributed by atoms with Crippen LogP contribution in [0.25, 0.3) is 21.4 Å². The number of thiophene rings is 1. The number of hydrogen-bond donors (Lipinski definition) is 3. The van der Waals surface area contributed by atoms with Crippen molar-refractivity contribution in [2.45, 2.75) is 20.4 Å². The second-order valence-corrected chi connectivity index (χ2v) is 7.82. The number of pyridine rings is 1. The first-order valence-electron chi connectivity index (χ1n) is 9.27. The SMILES string of the molecule is Cc1cnc2nc(Nc3ccc(CNc4ncnc5scc(C)c45)cc3)[nH]c2c1. The Labute approximate surface area is 171 Å². The standard InChI is InChI=1S/C21H19N7S/c1-12-7-16-18(22-8-12)28-21(27-16)26-15-5-3-14(4-6-15)9-23-19-17-13(2)10-29-20(17)25-11-24-19/h3-8,10-11H,9H2,1-2H3,(H,23,24,25)(H2,22,26,27,28). The molecule has 0 amide bonds. The molecule has 0 spiro atoms. The van der Waals surface area contributed by atoms with E-state index in [0.717, 1.165) is 38.4 Å². The number of nitrogens with zero attached hydrogens (tertiary/aromatic N) is 4. The number of aromatic amines is 1. The van der Waals surface area contributed by atoms with Gasteiger partial charge in [-0.05, 0) is 54.1 Å². The predicted molar refractivity (Wildman–Crippen MR) is 118 cm³/mol. The summed E-state index contributed by atoms with van der Waals surface area (Å²) in [6.07, 6.45) is 3.43. The molecule has 0 fully saturated rings. The van der Waals surface area contributed by atoms with Gasteiger partial charge in [0.2, 0.25) is 5.95 Å². The maximum Gasteiger partial charge on any atom is 0.207 e. The van der Waals surface area contributed by atoms with Crippen molar-refractivity contribution in [3.8, 4) is 0 Å². The number of rotatable bonds is 5. The number of H-pyrrole nitrogens is 1. The third kappa shape index (κ3) is 3.50. The number of hydrogen-bond acceptors (Lipinski definition) is 7. The molecule has 4 aromatic heterocycles. The highest BCUT2D eigenvalue weighted by atomic mass is 32.1. The van der Waals surface area contributed by atoms with Crippen molar-refractivity contribution in [3.63, 3.8) is 0 Å². The number of aryl methyl sites for hydroxylation is 2. The van der Waals surface area contributed by atoms with Crippen molar-refractivity contribution in [3.05, 3.63) is 64.9 Å². The Hall–Kier alpha value is -3.52. The van der Waals surface area contributed by atoms with Gasteiger partial charge in [-0.25, -0.2) is 15.0 Å². The van der Waals surface area contributed by atoms with Crippen molar-refractivity contribution >= 4 is 50.2 Å². The van der Waals surface area contributed by atoms with Crippen LogP contribution in [0.3, 0.4) is 0 Å². The van der Waals surface area contributed by atoms with Crippen LogP contribution in [0.4, 0.5) is 17.5 Å². The lowest BCUT2D eigenvalue weighted by atomic mass is 10.2. The number of imidazole rings is 1. The molecule has 0 saturated carbocycles. The minimum atomic E-state index is 0.681. The number of aromatic nitrogens is 5. The molecule has 0 aliphatic heterocycles. The summed E-state index contributed by atoms with van der Waals surface area (Å²) in [5.74, 6) is 1.56. The van der Waals surface area contributed by atoms with Crippen molar-refractivity contribution in [2.75, 3.05) is 10.6 Å². The van der Waals surface area contributed by atoms with Gasteiger partial charge in [-0.1, -0.05) is 12.1 Å². The van der Waals surface area contributed by atoms with Gasteiger partial charge in [0.05, 0.1) is 10.9 Å². The fourth-order valence-electron chi connectivity index (χ4n) is 3.24. The molecule has 29 heavy (non-hydrogen) atoms. The van der Waals surface area contributed by atoms with Gasteiger partial charge in [0, 0.05) is 18.4 Å². The molecule has 0 saturated heterocycles. The highest BCUT2D eigenvalue weighted by Gasteiger charge is 2.08. The van der Waals surface area contributed by atoms with E-state index in [1.165, 1.54) is 5.56 Å². The summed E-state index contributed by atoms with van der Waals surface area (Å²) < 4.78 is 0. The van der Waals surface area contributed by atoms with E-state index in [4.69, 9.17) is 0 Å². The third-order valence-electron chi connectivity index (χ3n) is 4.70. The van der Waals surface area contributed by atoms with Gasteiger partial charge in [-0.3, -0.25) is 0 Å². The van der Waals surface area contributed by atoms with Crippen LogP contribution in [0, 0.1) is 13.8 Å². The van der Waals surface area contributed by atoms with Gasteiger partial charge in [-0.2, -0.15) is 4.98 Å². The van der Waals surface area contributed by atoms with Crippen molar-refractivity contribution in [2.24, 2.45) is 0 Å². The molecule has 0 atom stereocenters. The minimum absolute atomic E-state index is 0.681. The van der Waals surface area contributed by atoms with E-state index in [1.807, 2.05) is 31.3 Å². The lowest BCUT2D eigenvalue weighted by molar-refractivity contribution is 1.10. The lowest BCUT2D eigenvalue weighted by Gasteiger charge is -2.08. The molecular formula is C21H19N7S. The summed E-state index contributed by atoms with van der Waals surface area (Å²) in [7, 11) is 0. The zero-order valence-electron chi connectivity index (χ0n) is 16.0. The van der Waals surface area contributed by atoms with Crippen molar-refractivity contribution in [1.29, 1.82) is 0 Å². The molecule has 1 aromatic carbocycles. The average molecular weight is 401 g/mol. The van der Waals surface area contributed by atoms with Crippen LogP contribution in [0.2, 0.25) is 0 Å². The molecule has 0 unspecified atom stereocenters. The molecule has 3 N–H and O–H groups in total. The van der Waals surface area contributed by atoms with E-state index < -0.39 is 0 Å². The van der Waals surface area contributed by atoms with Gasteiger partial charge < -0.3 is 15.6 Å². The van der Waals surface area contributed by atoms with Gasteiger partial charge in [0.25, 0.3) is 0 Å². The van der Waals surface area contributed by atoms with Crippen LogP contribution in [0.15, 0.2) is 48.2 Å². The van der Waals surface area contributed by atoms with Crippen molar-refractivity contribution in [1.82, 2.24) is 24.9 Å². The zero-order valence-corrected chi connectivity index (χ0v) is 16.8. The number of fused-ring (bicyclic) bond motifs is 2. The Bertz CT molecular complexity index is 1300. The van der Waals surface area contributed by atoms with E-state index >= 15 is 0 Å². The third-order valence-corrected chi connectivity index (χ3v) is 5.71. The Morgan fingerprint density at radius 1 is 1.07 bits per heavy atom. The average Bonchev–Trinajstić information content (AvgIpc) is 3.30. The highest BCUT2D eigenvalue weighted by Crippen LogP contribution is 2.28. The molecule has 0 radical (unpaired) electrons. The van der Waals surface area contributed by atoms with Crippen LogP contribution in [0.1, 0.15) is 16.7 Å². The normalized spacial score (nSPS) is 11.2. The molecule has 7 nitrogen and oxygen atoms in total. The summed E-state index contributed by atoms with van der Waals surface area (Å²) in [6, 6.07) is 10.3. The monoisotopic (exact) mass is 401 g/mol. The smallest absolute Gasteiger partial charge is 0.207 e. The summed E-state index contributed by atoms with van der Waals surface area (Å²) in [6.45, 7) is 4.79. The highest BCUT2D eigenvalue weighted by molar-refractivity contribution is 7.17. The first-order valence-corrected chi connectivity index (χ1v) is 10.1. The summed E-state index contributed by atoms with van der Waals surface area (Å²) in [4.78, 5) is 21.8. The topological polar surface area (TPSA) is 91.4 Å². The first kappa shape index (κ1) is 17.6. The van der Waals surface area contributed by atoms with E-state index in [0.29, 0.717) is 18.1 Å². The summed E-state index contributed by atoms with van der Waals surface area (Å²) in [5, 5.41) is 9.94. The Kier molecular flexibility index (Phi) is 4.33. The molecular weight excluding hydrogens is 382 g/mol. The fraction of sp³-hybridized carbons (Fsp3) is 0.143. The zero-order chi connectivity index (χ0) is 19.8. The molecule has 0 aliphatic carbocycles. The Morgan fingerprint density at radius 2 is 1.93 bits per heavy atom. The van der Waals surface area contributed by atoms with Gasteiger partial charge in [-0.15, -0.1) is 11.3 Å². The van der Waals surface area contributed by atoms with Crippen LogP contribution in [-0.4, -0.2) is 24.9 Å². The quantitative estimate of drug-likeness (QED) is 0.387. The molecule has 4 heterocycles. The van der Waals surface area contributed by atoms with E-state index in [1.54, 1.807) is 17.7 Å². The van der Waals surface area contributed by atoms with Crippen LogP contribution in [0.5, 0.6) is 0 Å². The number of nitrogens with one attached hydrogen (secondary N) is 3. The second-order valence-electron chi connectivity index (χ2n) is 6.97. The predicted octanol–water partition coefficient (Wildman–Crippen LogP) is 4.94. The van der Waals surface area contributed by atoms with Gasteiger partial charge >= 0.3 is 0 Å². The maximum absolute atomic E-state index is 4.48. The number of anilines is 3. The molecule has 5 aromatic rings. The number of benzene rings is 1. The van der Waals surface area contributed by atoms with Crippen LogP contribution >= 0.6 is 11.3 Å². The van der Waals surface area contributed by atoms with E-state index in [-0.39, 0.29) is 0 Å². The minimum Gasteiger partial charge on any atom is -0.365 e. The Balaban J connectivity index is 1.29. The molecule has 0 aliphatic rings. The van der Waals surface area contributed by atoms with Gasteiger partial charge in [0.15, 0.2) is 5.65 Å². The summed E-state index contributed by atoms with van der Waals surface area (Å²) >= 11 is 1.64. The lowest BCUT2D eigenvalue weighted by Crippen LogP contribution is -2.02. The first-order chi connectivity index (χ1) is 14.2. The van der Waals surface area contributed by atoms with Crippen LogP contribution < -0.4 is 10.6 Å². The molecule has 144 valence electrons. The second kappa shape index (κ2) is 7.14. The maximum atomic E-state index is 4.48. The Morgan fingerprint density at radius 3 is 2.79 bits per heavy atom. The largest absolute Gasteiger partial charge is 0.365 e. The van der Waals surface area contributed by atoms with Gasteiger partial charge in [0.1, 0.15) is 17.0 Å². The van der Waals surface area contributed by atoms with Crippen LogP contribution in [-0.2, 0) is 6.54 Å². The molecule has 0 bridgehead atoms. The van der Waals surface area contributed by atoms with E-state index in [2.05, 4.69) is 60.0 Å².